The van der Waals surface area contributed by atoms with Crippen LogP contribution in [0.4, 0.5) is 5.82 Å². The number of aromatic nitrogens is 5. The highest BCUT2D eigenvalue weighted by Crippen LogP contribution is 2.36. The first-order valence-corrected chi connectivity index (χ1v) is 15.6. The van der Waals surface area contributed by atoms with E-state index in [4.69, 9.17) is 14.8 Å². The van der Waals surface area contributed by atoms with Gasteiger partial charge in [-0.05, 0) is 42.2 Å². The highest BCUT2D eigenvalue weighted by molar-refractivity contribution is 7.91. The van der Waals surface area contributed by atoms with Gasteiger partial charge in [0.1, 0.15) is 22.3 Å². The zero-order valence-electron chi connectivity index (χ0n) is 24.8. The van der Waals surface area contributed by atoms with E-state index in [1.165, 1.54) is 13.2 Å². The van der Waals surface area contributed by atoms with Gasteiger partial charge in [0.05, 0.1) is 37.0 Å². The fourth-order valence-electron chi connectivity index (χ4n) is 5.06. The number of aliphatic hydroxyl groups is 2. The lowest BCUT2D eigenvalue weighted by Gasteiger charge is -2.17. The van der Waals surface area contributed by atoms with Crippen molar-refractivity contribution in [3.8, 4) is 28.3 Å². The number of methoxy groups -OCH3 is 1. The molecule has 0 spiro atoms. The topological polar surface area (TPSA) is 144 Å². The molecule has 0 saturated heterocycles. The number of hydrogen-bond acceptors (Lipinski definition) is 9. The number of imidazole rings is 1. The predicted molar refractivity (Wildman–Crippen MR) is 165 cm³/mol. The molecule has 5 aromatic rings. The van der Waals surface area contributed by atoms with E-state index in [-0.39, 0.29) is 16.6 Å². The van der Waals surface area contributed by atoms with Crippen molar-refractivity contribution in [1.82, 2.24) is 24.1 Å². The third-order valence-electron chi connectivity index (χ3n) is 7.35. The van der Waals surface area contributed by atoms with Gasteiger partial charge >= 0.3 is 0 Å². The lowest BCUT2D eigenvalue weighted by molar-refractivity contribution is 0.122. The normalized spacial score (nSPS) is 12.7. The molecule has 1 unspecified atom stereocenters. The number of nitrogens with one attached hydrogen (secondary N) is 1. The zero-order chi connectivity index (χ0) is 30.9. The van der Waals surface area contributed by atoms with E-state index in [1.54, 1.807) is 28.9 Å². The van der Waals surface area contributed by atoms with Gasteiger partial charge in [0.15, 0.2) is 15.5 Å². The van der Waals surface area contributed by atoms with Crippen molar-refractivity contribution in [1.29, 1.82) is 0 Å². The minimum Gasteiger partial charge on any atom is -0.495 e. The van der Waals surface area contributed by atoms with Gasteiger partial charge in [0, 0.05) is 43.2 Å². The van der Waals surface area contributed by atoms with Gasteiger partial charge in [-0.1, -0.05) is 38.1 Å². The van der Waals surface area contributed by atoms with Crippen LogP contribution in [0, 0.1) is 12.8 Å². The molecule has 0 radical (unpaired) electrons. The minimum atomic E-state index is -3.82. The molecule has 0 fully saturated rings. The molecule has 11 nitrogen and oxygen atoms in total. The van der Waals surface area contributed by atoms with Crippen molar-refractivity contribution in [3.63, 3.8) is 0 Å². The molecule has 0 saturated carbocycles. The maximum absolute atomic E-state index is 13.0. The number of fused-ring (bicyclic) bond motifs is 1. The summed E-state index contributed by atoms with van der Waals surface area (Å²) in [7, 11) is -0.463. The summed E-state index contributed by atoms with van der Waals surface area (Å²) in [5.41, 5.74) is 4.77. The van der Waals surface area contributed by atoms with Gasteiger partial charge in [0.2, 0.25) is 0 Å². The van der Waals surface area contributed by atoms with Crippen molar-refractivity contribution in [2.45, 2.75) is 38.3 Å². The minimum absolute atomic E-state index is 0.0235. The molecular weight excluding hydrogens is 568 g/mol. The molecule has 3 heterocycles. The number of aryl methyl sites for hydroxylation is 2. The molecule has 0 aliphatic rings. The number of ether oxygens (including phenoxy) is 1. The van der Waals surface area contributed by atoms with Crippen LogP contribution in [0.5, 0.6) is 5.75 Å². The van der Waals surface area contributed by atoms with Crippen molar-refractivity contribution in [2.75, 3.05) is 24.8 Å². The van der Waals surface area contributed by atoms with Crippen molar-refractivity contribution in [2.24, 2.45) is 13.0 Å². The van der Waals surface area contributed by atoms with E-state index in [1.807, 2.05) is 56.8 Å². The van der Waals surface area contributed by atoms with E-state index in [0.29, 0.717) is 40.5 Å². The van der Waals surface area contributed by atoms with Crippen LogP contribution in [-0.2, 0) is 23.4 Å². The smallest absolute Gasteiger partial charge is 0.184 e. The molecule has 12 heteroatoms. The van der Waals surface area contributed by atoms with Crippen LogP contribution in [0.25, 0.3) is 28.2 Å². The number of aliphatic hydroxyl groups excluding tert-OH is 2. The second-order valence-corrected chi connectivity index (χ2v) is 12.9. The SMILES string of the molecule is COc1ccc(-c2c(C)nn3c(NCc4cccc(-c5nccn5C)c4)cc(C(O)C(C)C)nc23)cc1S(=O)(=O)CCO. The maximum Gasteiger partial charge on any atom is 0.184 e. The third-order valence-corrected chi connectivity index (χ3v) is 9.05. The van der Waals surface area contributed by atoms with Crippen molar-refractivity contribution in [3.05, 3.63) is 77.9 Å². The Morgan fingerprint density at radius 2 is 1.88 bits per heavy atom. The third kappa shape index (κ3) is 5.99. The van der Waals surface area contributed by atoms with Gasteiger partial charge in [-0.15, -0.1) is 0 Å². The van der Waals surface area contributed by atoms with Crippen LogP contribution >= 0.6 is 0 Å². The summed E-state index contributed by atoms with van der Waals surface area (Å²) in [5, 5.41) is 28.6. The molecule has 226 valence electrons. The lowest BCUT2D eigenvalue weighted by atomic mass is 10.0. The quantitative estimate of drug-likeness (QED) is 0.202. The highest BCUT2D eigenvalue weighted by Gasteiger charge is 2.24. The first kappa shape index (κ1) is 30.2. The molecule has 3 N–H and O–H groups in total. The average Bonchev–Trinajstić information content (AvgIpc) is 3.57. The summed E-state index contributed by atoms with van der Waals surface area (Å²) in [6, 6.07) is 14.8. The summed E-state index contributed by atoms with van der Waals surface area (Å²) < 4.78 is 34.9. The van der Waals surface area contributed by atoms with Crippen LogP contribution in [0.3, 0.4) is 0 Å². The Morgan fingerprint density at radius 3 is 2.56 bits per heavy atom. The van der Waals surface area contributed by atoms with Crippen LogP contribution in [0.2, 0.25) is 0 Å². The van der Waals surface area contributed by atoms with E-state index in [2.05, 4.69) is 16.4 Å². The number of benzene rings is 2. The molecule has 2 aromatic carbocycles. The number of sulfone groups is 1. The van der Waals surface area contributed by atoms with Crippen LogP contribution < -0.4 is 10.1 Å². The second kappa shape index (κ2) is 12.2. The van der Waals surface area contributed by atoms with Gasteiger partial charge in [-0.3, -0.25) is 0 Å². The standard InChI is InChI=1S/C31H36N6O5S/c1-19(2)29(39)24-17-27(33-18-21-7-6-8-23(15-21)30-32-11-12-36(30)4)37-31(34-24)28(20(3)35-37)22-9-10-25(42-5)26(16-22)43(40,41)14-13-38/h6-12,15-17,19,29,33,38-39H,13-14,18H2,1-5H3. The van der Waals surface area contributed by atoms with Gasteiger partial charge < -0.3 is 24.8 Å². The Morgan fingerprint density at radius 1 is 1.09 bits per heavy atom. The van der Waals surface area contributed by atoms with Gasteiger partial charge in [-0.2, -0.15) is 9.61 Å². The molecule has 0 aliphatic carbocycles. The fraction of sp³-hybridized carbons (Fsp3) is 0.323. The summed E-state index contributed by atoms with van der Waals surface area (Å²) >= 11 is 0. The summed E-state index contributed by atoms with van der Waals surface area (Å²) in [4.78, 5) is 9.24. The Balaban J connectivity index is 1.61. The maximum atomic E-state index is 13.0. The largest absolute Gasteiger partial charge is 0.495 e. The predicted octanol–water partition coefficient (Wildman–Crippen LogP) is 4.18. The molecule has 43 heavy (non-hydrogen) atoms. The molecule has 0 bridgehead atoms. The first-order chi connectivity index (χ1) is 20.5. The number of rotatable bonds is 11. The summed E-state index contributed by atoms with van der Waals surface area (Å²) in [5.74, 6) is 1.14. The summed E-state index contributed by atoms with van der Waals surface area (Å²) in [6.07, 6.45) is 2.83. The van der Waals surface area contributed by atoms with E-state index >= 15 is 0 Å². The Kier molecular flexibility index (Phi) is 8.54. The molecule has 3 aromatic heterocycles. The molecular formula is C31H36N6O5S. The van der Waals surface area contributed by atoms with Crippen molar-refractivity contribution < 1.29 is 23.4 Å². The van der Waals surface area contributed by atoms with E-state index in [9.17, 15) is 18.6 Å². The first-order valence-electron chi connectivity index (χ1n) is 13.9. The second-order valence-electron chi connectivity index (χ2n) is 10.8. The summed E-state index contributed by atoms with van der Waals surface area (Å²) in [6.45, 7) is 5.61. The number of anilines is 1. The Hall–Kier alpha value is -4.26. The molecule has 5 rings (SSSR count). The number of nitrogens with zero attached hydrogens (tertiary/aromatic N) is 5. The zero-order valence-corrected chi connectivity index (χ0v) is 25.6. The van der Waals surface area contributed by atoms with Crippen LogP contribution in [0.1, 0.15) is 36.9 Å². The average molecular weight is 605 g/mol. The monoisotopic (exact) mass is 604 g/mol. The molecule has 0 amide bonds. The van der Waals surface area contributed by atoms with Gasteiger partial charge in [-0.25, -0.2) is 18.4 Å². The number of hydrogen-bond donors (Lipinski definition) is 3. The van der Waals surface area contributed by atoms with Gasteiger partial charge in [0.25, 0.3) is 0 Å². The van der Waals surface area contributed by atoms with Crippen LogP contribution in [0.15, 0.2) is 65.8 Å². The highest BCUT2D eigenvalue weighted by atomic mass is 32.2. The van der Waals surface area contributed by atoms with E-state index < -0.39 is 28.3 Å². The lowest BCUT2D eigenvalue weighted by Crippen LogP contribution is -2.12. The molecule has 1 atom stereocenters. The van der Waals surface area contributed by atoms with Crippen molar-refractivity contribution >= 4 is 21.3 Å². The Bertz CT molecular complexity index is 1880. The van der Waals surface area contributed by atoms with Crippen LogP contribution in [-0.4, -0.2) is 62.2 Å². The Labute approximate surface area is 250 Å². The van der Waals surface area contributed by atoms with E-state index in [0.717, 1.165) is 17.0 Å². The fourth-order valence-corrected chi connectivity index (χ4v) is 6.29. The molecule has 0 aliphatic heterocycles.